The second kappa shape index (κ2) is 6.89. The number of hydrogen-bond donors (Lipinski definition) is 1. The third kappa shape index (κ3) is 3.72. The van der Waals surface area contributed by atoms with Crippen LogP contribution in [0.15, 0.2) is 0 Å². The van der Waals surface area contributed by atoms with Crippen LogP contribution in [0.2, 0.25) is 0 Å². The van der Waals surface area contributed by atoms with Crippen molar-refractivity contribution in [2.75, 3.05) is 13.2 Å². The first-order valence-corrected chi connectivity index (χ1v) is 7.36. The molecule has 2 heterocycles. The number of piperidine rings is 1. The Morgan fingerprint density at radius 2 is 1.95 bits per heavy atom. The normalized spacial score (nSPS) is 29.8. The number of carbonyl (C=O) groups excluding carboxylic acids is 2. The zero-order valence-corrected chi connectivity index (χ0v) is 12.1. The van der Waals surface area contributed by atoms with Crippen LogP contribution in [0.25, 0.3) is 0 Å². The van der Waals surface area contributed by atoms with Crippen LogP contribution in [0, 0.1) is 5.92 Å². The zero-order chi connectivity index (χ0) is 15.4. The van der Waals surface area contributed by atoms with Crippen molar-refractivity contribution in [3.63, 3.8) is 0 Å². The van der Waals surface area contributed by atoms with Crippen LogP contribution in [0.1, 0.15) is 39.0 Å². The summed E-state index contributed by atoms with van der Waals surface area (Å²) in [4.78, 5) is 36.3. The van der Waals surface area contributed by atoms with E-state index in [2.05, 4.69) is 0 Å². The Morgan fingerprint density at radius 3 is 2.62 bits per heavy atom. The molecule has 0 saturated carbocycles. The first-order chi connectivity index (χ1) is 10.0. The standard InChI is InChI=1S/C14H21NO6/c1-9-5-4-8-20-14(9)21-13(19)11(16)15-7-3-2-6-10(15)12(17)18/h9-10,14H,2-8H2,1H3,(H,17,18). The summed E-state index contributed by atoms with van der Waals surface area (Å²) in [6.07, 6.45) is 2.84. The first-order valence-electron chi connectivity index (χ1n) is 7.36. The summed E-state index contributed by atoms with van der Waals surface area (Å²) in [5, 5.41) is 9.13. The van der Waals surface area contributed by atoms with E-state index in [0.29, 0.717) is 19.4 Å². The molecule has 7 nitrogen and oxygen atoms in total. The van der Waals surface area contributed by atoms with Crippen molar-refractivity contribution in [3.8, 4) is 0 Å². The third-order valence-corrected chi connectivity index (χ3v) is 4.00. The number of hydrogen-bond acceptors (Lipinski definition) is 5. The molecule has 3 unspecified atom stereocenters. The number of rotatable bonds is 2. The highest BCUT2D eigenvalue weighted by Gasteiger charge is 2.37. The van der Waals surface area contributed by atoms with Crippen LogP contribution in [-0.2, 0) is 23.9 Å². The first kappa shape index (κ1) is 15.8. The number of amides is 1. The fourth-order valence-corrected chi connectivity index (χ4v) is 2.76. The molecular formula is C14H21NO6. The Morgan fingerprint density at radius 1 is 1.19 bits per heavy atom. The molecule has 2 rings (SSSR count). The minimum Gasteiger partial charge on any atom is -0.480 e. The molecule has 0 aromatic heterocycles. The van der Waals surface area contributed by atoms with Crippen molar-refractivity contribution in [1.29, 1.82) is 0 Å². The molecule has 0 aliphatic carbocycles. The average Bonchev–Trinajstić information content (AvgIpc) is 2.48. The highest BCUT2D eigenvalue weighted by Crippen LogP contribution is 2.22. The second-order valence-electron chi connectivity index (χ2n) is 5.61. The van der Waals surface area contributed by atoms with Gasteiger partial charge in [0.2, 0.25) is 6.29 Å². The van der Waals surface area contributed by atoms with Gasteiger partial charge in [0.25, 0.3) is 0 Å². The van der Waals surface area contributed by atoms with Crippen LogP contribution < -0.4 is 0 Å². The molecule has 0 radical (unpaired) electrons. The van der Waals surface area contributed by atoms with Crippen LogP contribution in [0.5, 0.6) is 0 Å². The molecule has 3 atom stereocenters. The van der Waals surface area contributed by atoms with Gasteiger partial charge in [-0.15, -0.1) is 0 Å². The quantitative estimate of drug-likeness (QED) is 0.598. The molecule has 2 aliphatic rings. The van der Waals surface area contributed by atoms with Gasteiger partial charge in [-0.3, -0.25) is 4.79 Å². The Labute approximate surface area is 123 Å². The van der Waals surface area contributed by atoms with Crippen molar-refractivity contribution >= 4 is 17.8 Å². The summed E-state index contributed by atoms with van der Waals surface area (Å²) in [5.74, 6) is -2.96. The lowest BCUT2D eigenvalue weighted by molar-refractivity contribution is -0.204. The monoisotopic (exact) mass is 299 g/mol. The lowest BCUT2D eigenvalue weighted by atomic mass is 10.0. The molecule has 0 bridgehead atoms. The van der Waals surface area contributed by atoms with Gasteiger partial charge in [0.05, 0.1) is 6.61 Å². The van der Waals surface area contributed by atoms with Gasteiger partial charge >= 0.3 is 17.8 Å². The number of carboxylic acids is 1. The van der Waals surface area contributed by atoms with E-state index in [0.717, 1.165) is 24.2 Å². The molecule has 0 spiro atoms. The topological polar surface area (TPSA) is 93.1 Å². The molecule has 1 amide bonds. The largest absolute Gasteiger partial charge is 0.480 e. The van der Waals surface area contributed by atoms with Gasteiger partial charge in [0.15, 0.2) is 0 Å². The minimum atomic E-state index is -1.09. The van der Waals surface area contributed by atoms with E-state index in [1.54, 1.807) is 0 Å². The Hall–Kier alpha value is -1.63. The van der Waals surface area contributed by atoms with E-state index < -0.39 is 30.2 Å². The van der Waals surface area contributed by atoms with Crippen molar-refractivity contribution in [2.45, 2.75) is 51.4 Å². The van der Waals surface area contributed by atoms with Crippen LogP contribution in [-0.4, -0.2) is 53.3 Å². The number of carboxylic acid groups (broad SMARTS) is 1. The third-order valence-electron chi connectivity index (χ3n) is 4.00. The summed E-state index contributed by atoms with van der Waals surface area (Å²) < 4.78 is 10.4. The summed E-state index contributed by atoms with van der Waals surface area (Å²) in [6, 6.07) is -0.941. The van der Waals surface area contributed by atoms with E-state index >= 15 is 0 Å². The van der Waals surface area contributed by atoms with Gasteiger partial charge in [-0.25, -0.2) is 9.59 Å². The maximum absolute atomic E-state index is 12.1. The number of aliphatic carboxylic acids is 1. The fourth-order valence-electron chi connectivity index (χ4n) is 2.76. The van der Waals surface area contributed by atoms with Gasteiger partial charge in [0.1, 0.15) is 6.04 Å². The molecule has 21 heavy (non-hydrogen) atoms. The maximum Gasteiger partial charge on any atom is 0.399 e. The van der Waals surface area contributed by atoms with Gasteiger partial charge in [0, 0.05) is 12.5 Å². The maximum atomic E-state index is 12.1. The lowest BCUT2D eigenvalue weighted by Crippen LogP contribution is -2.51. The molecule has 0 aromatic carbocycles. The predicted octanol–water partition coefficient (Wildman–Crippen LogP) is 0.768. The summed E-state index contributed by atoms with van der Waals surface area (Å²) in [7, 11) is 0. The number of nitrogens with zero attached hydrogens (tertiary/aromatic N) is 1. The number of likely N-dealkylation sites (tertiary alicyclic amines) is 1. The molecule has 0 aromatic rings. The van der Waals surface area contributed by atoms with Crippen molar-refractivity contribution in [3.05, 3.63) is 0 Å². The van der Waals surface area contributed by atoms with E-state index in [-0.39, 0.29) is 12.5 Å². The number of ether oxygens (including phenoxy) is 2. The zero-order valence-electron chi connectivity index (χ0n) is 12.1. The fraction of sp³-hybridized carbons (Fsp3) is 0.786. The molecule has 2 fully saturated rings. The van der Waals surface area contributed by atoms with Gasteiger partial charge in [-0.05, 0) is 32.1 Å². The smallest absolute Gasteiger partial charge is 0.399 e. The van der Waals surface area contributed by atoms with E-state index in [1.165, 1.54) is 0 Å². The SMILES string of the molecule is CC1CCCOC1OC(=O)C(=O)N1CCCCC1C(=O)O. The second-order valence-corrected chi connectivity index (χ2v) is 5.61. The van der Waals surface area contributed by atoms with Crippen molar-refractivity contribution < 1.29 is 29.0 Å². The predicted molar refractivity (Wildman–Crippen MR) is 71.2 cm³/mol. The summed E-state index contributed by atoms with van der Waals surface area (Å²) in [5.41, 5.74) is 0. The van der Waals surface area contributed by atoms with Crippen LogP contribution in [0.4, 0.5) is 0 Å². The molecule has 1 N–H and O–H groups in total. The van der Waals surface area contributed by atoms with Crippen LogP contribution in [0.3, 0.4) is 0 Å². The molecule has 2 saturated heterocycles. The van der Waals surface area contributed by atoms with Crippen molar-refractivity contribution in [1.82, 2.24) is 4.90 Å². The Bertz CT molecular complexity index is 424. The molecular weight excluding hydrogens is 278 g/mol. The van der Waals surface area contributed by atoms with Crippen LogP contribution >= 0.6 is 0 Å². The Balaban J connectivity index is 1.97. The number of esters is 1. The average molecular weight is 299 g/mol. The highest BCUT2D eigenvalue weighted by atomic mass is 16.7. The van der Waals surface area contributed by atoms with E-state index in [9.17, 15) is 14.4 Å². The molecule has 118 valence electrons. The number of carbonyl (C=O) groups is 3. The lowest BCUT2D eigenvalue weighted by Gasteiger charge is -2.33. The van der Waals surface area contributed by atoms with Gasteiger partial charge < -0.3 is 19.5 Å². The highest BCUT2D eigenvalue weighted by molar-refractivity contribution is 6.32. The van der Waals surface area contributed by atoms with Gasteiger partial charge in [-0.2, -0.15) is 0 Å². The van der Waals surface area contributed by atoms with E-state index in [4.69, 9.17) is 14.6 Å². The van der Waals surface area contributed by atoms with Crippen molar-refractivity contribution in [2.24, 2.45) is 5.92 Å². The summed E-state index contributed by atoms with van der Waals surface area (Å²) in [6.45, 7) is 2.66. The molecule has 2 aliphatic heterocycles. The van der Waals surface area contributed by atoms with E-state index in [1.807, 2.05) is 6.92 Å². The van der Waals surface area contributed by atoms with Gasteiger partial charge in [-0.1, -0.05) is 6.92 Å². The Kier molecular flexibility index (Phi) is 5.17. The summed E-state index contributed by atoms with van der Waals surface area (Å²) >= 11 is 0. The molecule has 7 heteroatoms. The minimum absolute atomic E-state index is 0.0344.